The summed E-state index contributed by atoms with van der Waals surface area (Å²) in [6.45, 7) is 4.10. The number of benzene rings is 1. The maximum Gasteiger partial charge on any atom is 0.262 e. The quantitative estimate of drug-likeness (QED) is 0.780. The molecule has 1 atom stereocenters. The fourth-order valence-electron chi connectivity index (χ4n) is 3.65. The molecule has 1 unspecified atom stereocenters. The Bertz CT molecular complexity index is 815. The predicted octanol–water partition coefficient (Wildman–Crippen LogP) is 0.313. The highest BCUT2D eigenvalue weighted by molar-refractivity contribution is 6.23. The van der Waals surface area contributed by atoms with Gasteiger partial charge in [-0.15, -0.1) is 0 Å². The number of hydrogen-bond acceptors (Lipinski definition) is 6. The molecule has 0 spiro atoms. The van der Waals surface area contributed by atoms with E-state index in [-0.39, 0.29) is 24.9 Å². The number of nitrogens with zero attached hydrogens (tertiary/aromatic N) is 2. The van der Waals surface area contributed by atoms with Gasteiger partial charge in [-0.3, -0.25) is 29.4 Å². The molecule has 0 bridgehead atoms. The Labute approximate surface area is 150 Å². The first-order valence-electron chi connectivity index (χ1n) is 8.71. The summed E-state index contributed by atoms with van der Waals surface area (Å²) in [4.78, 5) is 51.9. The Balaban J connectivity index is 1.55. The van der Waals surface area contributed by atoms with Crippen molar-refractivity contribution in [3.8, 4) is 0 Å². The average Bonchev–Trinajstić information content (AvgIpc) is 2.82. The molecule has 1 aromatic rings. The van der Waals surface area contributed by atoms with Crippen LogP contribution in [0.3, 0.4) is 0 Å². The third kappa shape index (κ3) is 2.57. The lowest BCUT2D eigenvalue weighted by Crippen LogP contribution is -2.54. The normalized spacial score (nSPS) is 23.2. The van der Waals surface area contributed by atoms with Gasteiger partial charge in [0, 0.05) is 31.8 Å². The largest absolute Gasteiger partial charge is 0.375 e. The Morgan fingerprint density at radius 3 is 2.54 bits per heavy atom. The molecule has 136 valence electrons. The zero-order valence-electron chi connectivity index (χ0n) is 14.4. The van der Waals surface area contributed by atoms with E-state index in [1.165, 1.54) is 0 Å². The molecule has 8 heteroatoms. The minimum absolute atomic E-state index is 0.113. The number of fused-ring (bicyclic) bond motifs is 1. The van der Waals surface area contributed by atoms with Crippen LogP contribution in [-0.2, 0) is 14.3 Å². The van der Waals surface area contributed by atoms with Gasteiger partial charge in [-0.25, -0.2) is 0 Å². The molecule has 26 heavy (non-hydrogen) atoms. The van der Waals surface area contributed by atoms with E-state index in [1.807, 2.05) is 6.92 Å². The molecule has 0 aromatic heterocycles. The van der Waals surface area contributed by atoms with E-state index in [9.17, 15) is 19.2 Å². The topological polar surface area (TPSA) is 96.0 Å². The molecule has 1 aromatic carbocycles. The minimum atomic E-state index is -0.935. The lowest BCUT2D eigenvalue weighted by Gasteiger charge is -2.40. The number of hydrogen-bond donors (Lipinski definition) is 1. The first-order valence-corrected chi connectivity index (χ1v) is 8.71. The Morgan fingerprint density at radius 2 is 1.85 bits per heavy atom. The summed E-state index contributed by atoms with van der Waals surface area (Å²) < 4.78 is 5.53. The maximum absolute atomic E-state index is 12.8. The first-order chi connectivity index (χ1) is 12.5. The van der Waals surface area contributed by atoms with Gasteiger partial charge in [-0.1, -0.05) is 0 Å². The van der Waals surface area contributed by atoms with Gasteiger partial charge in [0.2, 0.25) is 11.8 Å². The summed E-state index contributed by atoms with van der Waals surface area (Å²) in [5, 5.41) is 2.19. The molecule has 4 amide bonds. The lowest BCUT2D eigenvalue weighted by molar-refractivity contribution is -0.136. The van der Waals surface area contributed by atoms with E-state index < -0.39 is 23.8 Å². The molecule has 0 aliphatic carbocycles. The van der Waals surface area contributed by atoms with Crippen LogP contribution in [0.1, 0.15) is 40.5 Å². The van der Waals surface area contributed by atoms with E-state index in [0.717, 1.165) is 23.7 Å². The van der Waals surface area contributed by atoms with Gasteiger partial charge < -0.3 is 9.64 Å². The van der Waals surface area contributed by atoms with Gasteiger partial charge in [-0.05, 0) is 31.5 Å². The third-order valence-corrected chi connectivity index (χ3v) is 5.04. The third-order valence-electron chi connectivity index (χ3n) is 5.04. The number of rotatable bonds is 4. The highest BCUT2D eigenvalue weighted by atomic mass is 16.5. The molecule has 3 heterocycles. The number of ether oxygens (including phenoxy) is 1. The highest BCUT2D eigenvalue weighted by Gasteiger charge is 2.45. The number of amides is 4. The summed E-state index contributed by atoms with van der Waals surface area (Å²) in [6, 6.07) is 4.20. The molecule has 0 saturated carbocycles. The van der Waals surface area contributed by atoms with Gasteiger partial charge in [0.05, 0.1) is 17.2 Å². The van der Waals surface area contributed by atoms with E-state index >= 15 is 0 Å². The number of nitrogens with one attached hydrogen (secondary N) is 1. The number of piperidine rings is 1. The van der Waals surface area contributed by atoms with Crippen LogP contribution in [-0.4, -0.2) is 60.4 Å². The van der Waals surface area contributed by atoms with Crippen LogP contribution >= 0.6 is 0 Å². The van der Waals surface area contributed by atoms with Crippen LogP contribution in [0.15, 0.2) is 18.2 Å². The van der Waals surface area contributed by atoms with Crippen molar-refractivity contribution in [1.29, 1.82) is 0 Å². The molecule has 2 fully saturated rings. The van der Waals surface area contributed by atoms with Crippen molar-refractivity contribution in [3.05, 3.63) is 29.3 Å². The van der Waals surface area contributed by atoms with Crippen molar-refractivity contribution in [2.24, 2.45) is 0 Å². The second kappa shape index (κ2) is 6.21. The Morgan fingerprint density at radius 1 is 1.12 bits per heavy atom. The van der Waals surface area contributed by atoms with Crippen LogP contribution in [0.25, 0.3) is 0 Å². The van der Waals surface area contributed by atoms with Crippen molar-refractivity contribution >= 4 is 29.3 Å². The number of carbonyl (C=O) groups excluding carboxylic acids is 4. The first kappa shape index (κ1) is 16.7. The monoisotopic (exact) mass is 357 g/mol. The van der Waals surface area contributed by atoms with E-state index in [1.54, 1.807) is 18.2 Å². The predicted molar refractivity (Wildman–Crippen MR) is 90.7 cm³/mol. The van der Waals surface area contributed by atoms with Gasteiger partial charge in [0.25, 0.3) is 11.8 Å². The van der Waals surface area contributed by atoms with Crippen LogP contribution in [0, 0.1) is 0 Å². The van der Waals surface area contributed by atoms with Gasteiger partial charge in [-0.2, -0.15) is 0 Å². The summed E-state index contributed by atoms with van der Waals surface area (Å²) >= 11 is 0. The van der Waals surface area contributed by atoms with Crippen LogP contribution < -0.4 is 10.2 Å². The molecular weight excluding hydrogens is 338 g/mol. The number of imide groups is 2. The van der Waals surface area contributed by atoms with E-state index in [4.69, 9.17) is 4.74 Å². The summed E-state index contributed by atoms with van der Waals surface area (Å²) in [5.41, 5.74) is 1.45. The molecule has 3 aliphatic rings. The van der Waals surface area contributed by atoms with Crippen LogP contribution in [0.2, 0.25) is 0 Å². The molecular formula is C18H19N3O5. The average molecular weight is 357 g/mol. The lowest BCUT2D eigenvalue weighted by atomic mass is 10.0. The molecule has 2 saturated heterocycles. The fraction of sp³-hybridized carbons (Fsp3) is 0.444. The zero-order chi connectivity index (χ0) is 18.4. The van der Waals surface area contributed by atoms with Gasteiger partial charge in [0.15, 0.2) is 0 Å². The van der Waals surface area contributed by atoms with Crippen molar-refractivity contribution in [2.75, 3.05) is 24.6 Å². The standard InChI is InChI=1S/C18H19N3O5/c1-2-26-11-8-20(9-11)10-3-4-12-13(7-10)18(25)21(17(12)24)14-5-6-15(22)19-16(14)23/h3-4,7,11,14H,2,5-6,8-9H2,1H3,(H,19,22,23). The molecule has 0 radical (unpaired) electrons. The SMILES string of the molecule is CCOC1CN(c2ccc3c(c2)C(=O)N(C2CCC(=O)NC2=O)C3=O)C1. The smallest absolute Gasteiger partial charge is 0.262 e. The van der Waals surface area contributed by atoms with Crippen LogP contribution in [0.5, 0.6) is 0 Å². The Kier molecular flexibility index (Phi) is 3.99. The fourth-order valence-corrected chi connectivity index (χ4v) is 3.65. The van der Waals surface area contributed by atoms with Crippen molar-refractivity contribution in [2.45, 2.75) is 31.9 Å². The Hall–Kier alpha value is -2.74. The number of anilines is 1. The minimum Gasteiger partial charge on any atom is -0.375 e. The summed E-state index contributed by atoms with van der Waals surface area (Å²) in [5.74, 6) is -1.95. The van der Waals surface area contributed by atoms with Crippen molar-refractivity contribution < 1.29 is 23.9 Å². The molecule has 3 aliphatic heterocycles. The van der Waals surface area contributed by atoms with Crippen molar-refractivity contribution in [3.63, 3.8) is 0 Å². The van der Waals surface area contributed by atoms with E-state index in [0.29, 0.717) is 17.7 Å². The molecule has 4 rings (SSSR count). The van der Waals surface area contributed by atoms with E-state index in [2.05, 4.69) is 10.2 Å². The second-order valence-electron chi connectivity index (χ2n) is 6.66. The van der Waals surface area contributed by atoms with Crippen molar-refractivity contribution in [1.82, 2.24) is 10.2 Å². The zero-order valence-corrected chi connectivity index (χ0v) is 14.4. The maximum atomic E-state index is 12.8. The van der Waals surface area contributed by atoms with Gasteiger partial charge in [0.1, 0.15) is 6.04 Å². The second-order valence-corrected chi connectivity index (χ2v) is 6.66. The number of carbonyl (C=O) groups is 4. The van der Waals surface area contributed by atoms with Crippen LogP contribution in [0.4, 0.5) is 5.69 Å². The summed E-state index contributed by atoms with van der Waals surface area (Å²) in [7, 11) is 0. The molecule has 1 N–H and O–H groups in total. The van der Waals surface area contributed by atoms with Gasteiger partial charge >= 0.3 is 0 Å². The highest BCUT2D eigenvalue weighted by Crippen LogP contribution is 2.32. The molecule has 8 nitrogen and oxygen atoms in total. The summed E-state index contributed by atoms with van der Waals surface area (Å²) in [6.07, 6.45) is 0.456.